The van der Waals surface area contributed by atoms with Crippen LogP contribution in [0, 0.1) is 0 Å². The molecule has 0 atom stereocenters. The van der Waals surface area contributed by atoms with Crippen LogP contribution in [0.3, 0.4) is 0 Å². The van der Waals surface area contributed by atoms with E-state index in [1.165, 1.54) is 29.5 Å². The van der Waals surface area contributed by atoms with Crippen molar-refractivity contribution in [3.63, 3.8) is 0 Å². The highest BCUT2D eigenvalue weighted by molar-refractivity contribution is 5.43. The Bertz CT molecular complexity index is 577. The van der Waals surface area contributed by atoms with Crippen molar-refractivity contribution < 1.29 is 0 Å². The van der Waals surface area contributed by atoms with Crippen LogP contribution in [0.4, 0.5) is 5.82 Å². The second-order valence-corrected chi connectivity index (χ2v) is 5.60. The number of pyridine rings is 1. The Morgan fingerprint density at radius 2 is 2.00 bits per heavy atom. The molecule has 0 spiro atoms. The quantitative estimate of drug-likeness (QED) is 0.933. The molecule has 21 heavy (non-hydrogen) atoms. The van der Waals surface area contributed by atoms with Gasteiger partial charge in [-0.2, -0.15) is 0 Å². The second kappa shape index (κ2) is 6.72. The van der Waals surface area contributed by atoms with Crippen LogP contribution >= 0.6 is 0 Å². The van der Waals surface area contributed by atoms with E-state index in [0.29, 0.717) is 0 Å². The molecule has 0 bridgehead atoms. The summed E-state index contributed by atoms with van der Waals surface area (Å²) in [7, 11) is 0. The van der Waals surface area contributed by atoms with E-state index < -0.39 is 0 Å². The number of rotatable bonds is 4. The molecular formula is C18H23N3. The molecule has 2 aromatic rings. The monoisotopic (exact) mass is 281 g/mol. The number of fused-ring (bicyclic) bond motifs is 1. The molecule has 0 saturated heterocycles. The Kier molecular flexibility index (Phi) is 4.51. The van der Waals surface area contributed by atoms with Crippen LogP contribution in [0.2, 0.25) is 0 Å². The van der Waals surface area contributed by atoms with Crippen molar-refractivity contribution in [2.45, 2.75) is 32.9 Å². The molecule has 1 aliphatic heterocycles. The number of benzene rings is 1. The average Bonchev–Trinajstić information content (AvgIpc) is 2.75. The van der Waals surface area contributed by atoms with E-state index >= 15 is 0 Å². The molecule has 0 saturated carbocycles. The summed E-state index contributed by atoms with van der Waals surface area (Å²) in [6.07, 6.45) is 4.36. The third-order valence-corrected chi connectivity index (χ3v) is 4.07. The number of aromatic nitrogens is 1. The van der Waals surface area contributed by atoms with Crippen LogP contribution in [-0.2, 0) is 19.5 Å². The van der Waals surface area contributed by atoms with Gasteiger partial charge in [-0.1, -0.05) is 37.3 Å². The van der Waals surface area contributed by atoms with Gasteiger partial charge in [0.05, 0.1) is 0 Å². The van der Waals surface area contributed by atoms with Gasteiger partial charge in [0.2, 0.25) is 0 Å². The molecule has 1 aromatic heterocycles. The minimum absolute atomic E-state index is 0.895. The summed E-state index contributed by atoms with van der Waals surface area (Å²) >= 11 is 0. The number of hydrogen-bond donors (Lipinski definition) is 1. The highest BCUT2D eigenvalue weighted by atomic mass is 15.2. The van der Waals surface area contributed by atoms with E-state index in [9.17, 15) is 0 Å². The summed E-state index contributed by atoms with van der Waals surface area (Å²) in [5.74, 6) is 1.09. The largest absolute Gasteiger partial charge is 0.352 e. The number of anilines is 1. The zero-order valence-corrected chi connectivity index (χ0v) is 12.7. The van der Waals surface area contributed by atoms with Gasteiger partial charge in [0.25, 0.3) is 0 Å². The van der Waals surface area contributed by atoms with Gasteiger partial charge in [0.1, 0.15) is 5.82 Å². The van der Waals surface area contributed by atoms with E-state index in [0.717, 1.165) is 32.0 Å². The molecule has 0 amide bonds. The van der Waals surface area contributed by atoms with Crippen LogP contribution in [0.5, 0.6) is 0 Å². The topological polar surface area (TPSA) is 28.2 Å². The zero-order chi connectivity index (χ0) is 14.5. The third-order valence-electron chi connectivity index (χ3n) is 4.07. The molecule has 0 aliphatic carbocycles. The van der Waals surface area contributed by atoms with Crippen LogP contribution in [0.25, 0.3) is 0 Å². The molecule has 0 fully saturated rings. The number of aryl methyl sites for hydroxylation is 1. The first-order valence-electron chi connectivity index (χ1n) is 7.84. The molecule has 1 N–H and O–H groups in total. The molecular weight excluding hydrogens is 258 g/mol. The normalized spacial score (nSPS) is 14.6. The fraction of sp³-hybridized carbons (Fsp3) is 0.389. The van der Waals surface area contributed by atoms with Gasteiger partial charge in [-0.05, 0) is 42.1 Å². The van der Waals surface area contributed by atoms with Gasteiger partial charge in [0.15, 0.2) is 0 Å². The Morgan fingerprint density at radius 1 is 1.14 bits per heavy atom. The summed E-state index contributed by atoms with van der Waals surface area (Å²) in [5, 5.41) is 3.33. The molecule has 0 radical (unpaired) electrons. The van der Waals surface area contributed by atoms with Gasteiger partial charge in [0, 0.05) is 25.8 Å². The highest BCUT2D eigenvalue weighted by Crippen LogP contribution is 2.22. The van der Waals surface area contributed by atoms with Crippen LogP contribution in [0.15, 0.2) is 42.6 Å². The van der Waals surface area contributed by atoms with Gasteiger partial charge < -0.3 is 10.2 Å². The van der Waals surface area contributed by atoms with Crippen molar-refractivity contribution >= 4 is 5.82 Å². The maximum atomic E-state index is 4.66. The van der Waals surface area contributed by atoms with Crippen molar-refractivity contribution in [1.29, 1.82) is 0 Å². The lowest BCUT2D eigenvalue weighted by atomic mass is 10.0. The van der Waals surface area contributed by atoms with Gasteiger partial charge in [-0.15, -0.1) is 0 Å². The maximum absolute atomic E-state index is 4.66. The number of hydrogen-bond acceptors (Lipinski definition) is 3. The third kappa shape index (κ3) is 3.42. The van der Waals surface area contributed by atoms with Crippen LogP contribution < -0.4 is 10.2 Å². The summed E-state index contributed by atoms with van der Waals surface area (Å²) < 4.78 is 0. The first-order valence-corrected chi connectivity index (χ1v) is 7.84. The van der Waals surface area contributed by atoms with Gasteiger partial charge >= 0.3 is 0 Å². The van der Waals surface area contributed by atoms with E-state index in [1.807, 2.05) is 6.20 Å². The van der Waals surface area contributed by atoms with Crippen molar-refractivity contribution in [2.75, 3.05) is 18.0 Å². The summed E-state index contributed by atoms with van der Waals surface area (Å²) in [6.45, 7) is 6.05. The smallest absolute Gasteiger partial charge is 0.128 e. The lowest BCUT2D eigenvalue weighted by molar-refractivity contribution is 0.721. The fourth-order valence-corrected chi connectivity index (χ4v) is 2.87. The van der Waals surface area contributed by atoms with E-state index in [1.54, 1.807) is 0 Å². The SMILES string of the molecule is CCNCc1ccc(N2CCCc3ccccc3C2)nc1. The minimum atomic E-state index is 0.895. The molecule has 1 aromatic carbocycles. The molecule has 0 unspecified atom stereocenters. The van der Waals surface area contributed by atoms with Crippen molar-refractivity contribution in [3.05, 3.63) is 59.3 Å². The van der Waals surface area contributed by atoms with Crippen molar-refractivity contribution in [1.82, 2.24) is 10.3 Å². The van der Waals surface area contributed by atoms with Crippen LogP contribution in [0.1, 0.15) is 30.0 Å². The zero-order valence-electron chi connectivity index (χ0n) is 12.7. The second-order valence-electron chi connectivity index (χ2n) is 5.60. The van der Waals surface area contributed by atoms with E-state index in [4.69, 9.17) is 0 Å². The standard InChI is InChI=1S/C18H23N3/c1-2-19-12-15-9-10-18(20-13-15)21-11-5-8-16-6-3-4-7-17(16)14-21/h3-4,6-7,9-10,13,19H,2,5,8,11-12,14H2,1H3. The number of nitrogens with zero attached hydrogens (tertiary/aromatic N) is 2. The Morgan fingerprint density at radius 3 is 2.76 bits per heavy atom. The predicted octanol–water partition coefficient (Wildman–Crippen LogP) is 3.14. The minimum Gasteiger partial charge on any atom is -0.352 e. The molecule has 3 heteroatoms. The first kappa shape index (κ1) is 14.1. The molecule has 2 heterocycles. The lowest BCUT2D eigenvalue weighted by Crippen LogP contribution is -2.23. The molecule has 110 valence electrons. The molecule has 3 nitrogen and oxygen atoms in total. The molecule has 3 rings (SSSR count). The van der Waals surface area contributed by atoms with Crippen molar-refractivity contribution in [3.8, 4) is 0 Å². The fourth-order valence-electron chi connectivity index (χ4n) is 2.87. The Hall–Kier alpha value is -1.87. The summed E-state index contributed by atoms with van der Waals surface area (Å²) in [4.78, 5) is 7.05. The van der Waals surface area contributed by atoms with Gasteiger partial charge in [-0.25, -0.2) is 4.98 Å². The predicted molar refractivity (Wildman–Crippen MR) is 87.4 cm³/mol. The highest BCUT2D eigenvalue weighted by Gasteiger charge is 2.15. The Balaban J connectivity index is 1.74. The van der Waals surface area contributed by atoms with Gasteiger partial charge in [-0.3, -0.25) is 0 Å². The average molecular weight is 281 g/mol. The summed E-state index contributed by atoms with van der Waals surface area (Å²) in [5.41, 5.74) is 4.17. The van der Waals surface area contributed by atoms with E-state index in [-0.39, 0.29) is 0 Å². The van der Waals surface area contributed by atoms with E-state index in [2.05, 4.69) is 58.5 Å². The number of nitrogens with one attached hydrogen (secondary N) is 1. The maximum Gasteiger partial charge on any atom is 0.128 e. The molecule has 1 aliphatic rings. The van der Waals surface area contributed by atoms with Crippen LogP contribution in [-0.4, -0.2) is 18.1 Å². The summed E-state index contributed by atoms with van der Waals surface area (Å²) in [6, 6.07) is 13.1. The first-order chi connectivity index (χ1) is 10.4. The van der Waals surface area contributed by atoms with Crippen molar-refractivity contribution in [2.24, 2.45) is 0 Å². The lowest BCUT2D eigenvalue weighted by Gasteiger charge is -2.22. The Labute approximate surface area is 127 Å².